The minimum atomic E-state index is -0.0906. The van der Waals surface area contributed by atoms with E-state index < -0.39 is 0 Å². The molecule has 0 aliphatic heterocycles. The minimum Gasteiger partial charge on any atom is -0.357 e. The van der Waals surface area contributed by atoms with Crippen LogP contribution in [0.25, 0.3) is 10.9 Å². The average molecular weight is 387 g/mol. The number of rotatable bonds is 5. The molecule has 0 saturated heterocycles. The Kier molecular flexibility index (Phi) is 5.69. The molecule has 0 spiro atoms. The monoisotopic (exact) mass is 386 g/mol. The highest BCUT2D eigenvalue weighted by atomic mass is 35.5. The van der Waals surface area contributed by atoms with Crippen LogP contribution in [0, 0.1) is 13.8 Å². The number of anilines is 1. The number of H-pyrrole nitrogens is 1. The van der Waals surface area contributed by atoms with E-state index in [2.05, 4.69) is 10.3 Å². The number of carbonyl (C=O) groups excluding carboxylic acids is 1. The maximum absolute atomic E-state index is 12.4. The first-order valence-corrected chi connectivity index (χ1v) is 9.72. The van der Waals surface area contributed by atoms with Crippen molar-refractivity contribution < 1.29 is 4.79 Å². The fraction of sp³-hybridized carbons (Fsp3) is 0.200. The molecule has 0 aliphatic rings. The van der Waals surface area contributed by atoms with E-state index in [0.717, 1.165) is 27.7 Å². The lowest BCUT2D eigenvalue weighted by atomic mass is 10.1. The molecule has 0 fully saturated rings. The van der Waals surface area contributed by atoms with Crippen LogP contribution in [0.15, 0.2) is 47.3 Å². The Balaban J connectivity index is 1.63. The Bertz CT molecular complexity index is 1010. The number of aromatic nitrogens is 1. The third kappa shape index (κ3) is 4.48. The zero-order valence-electron chi connectivity index (χ0n) is 14.6. The van der Waals surface area contributed by atoms with Gasteiger partial charge in [0.2, 0.25) is 5.91 Å². The second-order valence-corrected chi connectivity index (χ2v) is 7.63. The van der Waals surface area contributed by atoms with Gasteiger partial charge in [0.05, 0.1) is 11.3 Å². The Morgan fingerprint density at radius 3 is 2.62 bits per heavy atom. The highest BCUT2D eigenvalue weighted by molar-refractivity contribution is 7.99. The van der Waals surface area contributed by atoms with Crippen LogP contribution in [-0.4, -0.2) is 16.6 Å². The molecule has 1 aromatic heterocycles. The molecule has 2 aromatic carbocycles. The second kappa shape index (κ2) is 7.98. The largest absolute Gasteiger partial charge is 0.357 e. The minimum absolute atomic E-state index is 0.0115. The van der Waals surface area contributed by atoms with Crippen LogP contribution < -0.4 is 10.7 Å². The SMILES string of the molecule is Cc1cc(C)c2c(=O)cc(CSCC(=O)Nc3ccc(Cl)cc3)[nH]c2c1. The number of benzene rings is 2. The van der Waals surface area contributed by atoms with Crippen molar-refractivity contribution in [1.82, 2.24) is 4.98 Å². The van der Waals surface area contributed by atoms with Crippen LogP contribution in [0.4, 0.5) is 5.69 Å². The van der Waals surface area contributed by atoms with Gasteiger partial charge in [0.1, 0.15) is 0 Å². The molecule has 134 valence electrons. The average Bonchev–Trinajstić information content (AvgIpc) is 2.56. The molecule has 1 heterocycles. The van der Waals surface area contributed by atoms with Crippen LogP contribution in [0.5, 0.6) is 0 Å². The van der Waals surface area contributed by atoms with Crippen molar-refractivity contribution in [3.05, 3.63) is 74.5 Å². The number of amides is 1. The van der Waals surface area contributed by atoms with E-state index in [1.807, 2.05) is 26.0 Å². The number of aromatic amines is 1. The summed E-state index contributed by atoms with van der Waals surface area (Å²) in [5.74, 6) is 0.772. The van der Waals surface area contributed by atoms with E-state index in [9.17, 15) is 9.59 Å². The summed E-state index contributed by atoms with van der Waals surface area (Å²) < 4.78 is 0. The first kappa shape index (κ1) is 18.5. The molecule has 0 bridgehead atoms. The maximum Gasteiger partial charge on any atom is 0.234 e. The van der Waals surface area contributed by atoms with Gasteiger partial charge in [0, 0.05) is 33.6 Å². The zero-order valence-corrected chi connectivity index (χ0v) is 16.1. The normalized spacial score (nSPS) is 10.9. The molecule has 26 heavy (non-hydrogen) atoms. The number of fused-ring (bicyclic) bond motifs is 1. The molecule has 0 atom stereocenters. The van der Waals surface area contributed by atoms with Gasteiger partial charge in [-0.05, 0) is 55.3 Å². The van der Waals surface area contributed by atoms with Crippen LogP contribution in [0.2, 0.25) is 5.02 Å². The van der Waals surface area contributed by atoms with Crippen molar-refractivity contribution in [2.45, 2.75) is 19.6 Å². The fourth-order valence-electron chi connectivity index (χ4n) is 2.89. The molecular weight excluding hydrogens is 368 g/mol. The van der Waals surface area contributed by atoms with E-state index in [0.29, 0.717) is 22.2 Å². The third-order valence-electron chi connectivity index (χ3n) is 3.95. The number of nitrogens with one attached hydrogen (secondary N) is 2. The number of aryl methyl sites for hydroxylation is 2. The predicted octanol–water partition coefficient (Wildman–Crippen LogP) is 4.67. The number of thioether (sulfide) groups is 1. The summed E-state index contributed by atoms with van der Waals surface area (Å²) in [6.07, 6.45) is 0. The van der Waals surface area contributed by atoms with Crippen LogP contribution >= 0.6 is 23.4 Å². The summed E-state index contributed by atoms with van der Waals surface area (Å²) in [6, 6.07) is 12.6. The molecule has 1 amide bonds. The van der Waals surface area contributed by atoms with Gasteiger partial charge >= 0.3 is 0 Å². The summed E-state index contributed by atoms with van der Waals surface area (Å²) >= 11 is 7.28. The van der Waals surface area contributed by atoms with Crippen LogP contribution in [0.3, 0.4) is 0 Å². The number of halogens is 1. The number of carbonyl (C=O) groups is 1. The lowest BCUT2D eigenvalue weighted by Crippen LogP contribution is -2.14. The molecule has 0 unspecified atom stereocenters. The lowest BCUT2D eigenvalue weighted by Gasteiger charge is -2.08. The van der Waals surface area contributed by atoms with Crippen LogP contribution in [-0.2, 0) is 10.5 Å². The van der Waals surface area contributed by atoms with Gasteiger partial charge in [-0.2, -0.15) is 0 Å². The molecule has 3 rings (SSSR count). The Morgan fingerprint density at radius 2 is 1.88 bits per heavy atom. The summed E-state index contributed by atoms with van der Waals surface area (Å²) in [5.41, 5.74) is 4.47. The highest BCUT2D eigenvalue weighted by Crippen LogP contribution is 2.18. The van der Waals surface area contributed by atoms with Gasteiger partial charge in [-0.15, -0.1) is 11.8 Å². The molecule has 0 radical (unpaired) electrons. The number of hydrogen-bond donors (Lipinski definition) is 2. The van der Waals surface area contributed by atoms with E-state index in [1.54, 1.807) is 30.3 Å². The van der Waals surface area contributed by atoms with Gasteiger partial charge in [-0.25, -0.2) is 0 Å². The number of hydrogen-bond acceptors (Lipinski definition) is 3. The number of pyridine rings is 1. The van der Waals surface area contributed by atoms with Gasteiger partial charge in [-0.1, -0.05) is 17.7 Å². The van der Waals surface area contributed by atoms with Crippen molar-refractivity contribution in [3.63, 3.8) is 0 Å². The lowest BCUT2D eigenvalue weighted by molar-refractivity contribution is -0.113. The van der Waals surface area contributed by atoms with E-state index in [-0.39, 0.29) is 11.3 Å². The van der Waals surface area contributed by atoms with E-state index >= 15 is 0 Å². The van der Waals surface area contributed by atoms with Crippen molar-refractivity contribution in [2.24, 2.45) is 0 Å². The smallest absolute Gasteiger partial charge is 0.234 e. The third-order valence-corrected chi connectivity index (χ3v) is 5.18. The van der Waals surface area contributed by atoms with Crippen molar-refractivity contribution in [3.8, 4) is 0 Å². The van der Waals surface area contributed by atoms with Crippen molar-refractivity contribution in [1.29, 1.82) is 0 Å². The topological polar surface area (TPSA) is 62.0 Å². The summed E-state index contributed by atoms with van der Waals surface area (Å²) in [4.78, 5) is 27.7. The standard InChI is InChI=1S/C20H19ClN2O2S/c1-12-7-13(2)20-17(8-12)22-16(9-18(20)24)10-26-11-19(25)23-15-5-3-14(21)4-6-15/h3-9H,10-11H2,1-2H3,(H,22,24)(H,23,25). The van der Waals surface area contributed by atoms with Crippen LogP contribution in [0.1, 0.15) is 16.8 Å². The van der Waals surface area contributed by atoms with Gasteiger partial charge in [0.15, 0.2) is 5.43 Å². The van der Waals surface area contributed by atoms with Gasteiger partial charge in [-0.3, -0.25) is 9.59 Å². The Labute approximate surface area is 161 Å². The van der Waals surface area contributed by atoms with E-state index in [1.165, 1.54) is 11.8 Å². The summed E-state index contributed by atoms with van der Waals surface area (Å²) in [6.45, 7) is 3.95. The second-order valence-electron chi connectivity index (χ2n) is 6.21. The van der Waals surface area contributed by atoms with Crippen molar-refractivity contribution in [2.75, 3.05) is 11.1 Å². The Hall–Kier alpha value is -2.24. The zero-order chi connectivity index (χ0) is 18.7. The quantitative estimate of drug-likeness (QED) is 0.669. The van der Waals surface area contributed by atoms with Gasteiger partial charge < -0.3 is 10.3 Å². The molecule has 0 saturated carbocycles. The molecule has 4 nitrogen and oxygen atoms in total. The summed E-state index contributed by atoms with van der Waals surface area (Å²) in [7, 11) is 0. The first-order valence-electron chi connectivity index (χ1n) is 8.19. The highest BCUT2D eigenvalue weighted by Gasteiger charge is 2.08. The molecular formula is C20H19ClN2O2S. The summed E-state index contributed by atoms with van der Waals surface area (Å²) in [5, 5.41) is 4.18. The van der Waals surface area contributed by atoms with Gasteiger partial charge in [0.25, 0.3) is 0 Å². The predicted molar refractivity (Wildman–Crippen MR) is 110 cm³/mol. The Morgan fingerprint density at radius 1 is 1.15 bits per heavy atom. The molecule has 0 aliphatic carbocycles. The molecule has 2 N–H and O–H groups in total. The van der Waals surface area contributed by atoms with E-state index in [4.69, 9.17) is 11.6 Å². The van der Waals surface area contributed by atoms with Crippen molar-refractivity contribution >= 4 is 45.9 Å². The maximum atomic E-state index is 12.4. The molecule has 6 heteroatoms. The first-order chi connectivity index (χ1) is 12.4. The molecule has 3 aromatic rings. The fourth-order valence-corrected chi connectivity index (χ4v) is 3.76.